The van der Waals surface area contributed by atoms with Crippen LogP contribution in [-0.4, -0.2) is 50.5 Å². The van der Waals surface area contributed by atoms with Crippen LogP contribution in [0.3, 0.4) is 0 Å². The maximum atomic E-state index is 12.6. The highest BCUT2D eigenvalue weighted by Crippen LogP contribution is 2.23. The summed E-state index contributed by atoms with van der Waals surface area (Å²) >= 11 is 5.26. The Hall–Kier alpha value is -1.71. The Bertz CT molecular complexity index is 747. The molecule has 2 rings (SSSR count). The number of anilines is 1. The highest BCUT2D eigenvalue weighted by atomic mass is 32.2. The predicted octanol–water partition coefficient (Wildman–Crippen LogP) is 2.49. The highest BCUT2D eigenvalue weighted by molar-refractivity contribution is 7.89. The zero-order valence-corrected chi connectivity index (χ0v) is 17.2. The lowest BCUT2D eigenvalue weighted by Gasteiger charge is -2.16. The molecular weight excluding hydrogens is 386 g/mol. The largest absolute Gasteiger partial charge is 0.469 e. The summed E-state index contributed by atoms with van der Waals surface area (Å²) in [5.74, 6) is -0.191. The Morgan fingerprint density at radius 1 is 1.22 bits per heavy atom. The molecule has 1 aromatic carbocycles. The number of esters is 1. The van der Waals surface area contributed by atoms with Crippen LogP contribution in [0.5, 0.6) is 0 Å². The number of hydrogen-bond acceptors (Lipinski definition) is 5. The summed E-state index contributed by atoms with van der Waals surface area (Å²) in [5.41, 5.74) is 0.637. The van der Waals surface area contributed by atoms with Crippen LogP contribution in [-0.2, 0) is 19.6 Å². The fourth-order valence-electron chi connectivity index (χ4n) is 2.86. The van der Waals surface area contributed by atoms with E-state index in [0.29, 0.717) is 36.9 Å². The van der Waals surface area contributed by atoms with E-state index in [1.807, 2.05) is 0 Å². The first-order valence-electron chi connectivity index (χ1n) is 9.15. The van der Waals surface area contributed by atoms with E-state index in [-0.39, 0.29) is 10.9 Å². The Labute approximate surface area is 166 Å². The van der Waals surface area contributed by atoms with Crippen molar-refractivity contribution in [2.75, 3.05) is 32.1 Å². The van der Waals surface area contributed by atoms with Crippen molar-refractivity contribution in [1.29, 1.82) is 0 Å². The molecule has 27 heavy (non-hydrogen) atoms. The van der Waals surface area contributed by atoms with Crippen LogP contribution in [0.1, 0.15) is 38.5 Å². The summed E-state index contributed by atoms with van der Waals surface area (Å²) in [6.45, 7) is 1.84. The van der Waals surface area contributed by atoms with Gasteiger partial charge in [-0.1, -0.05) is 12.5 Å². The van der Waals surface area contributed by atoms with Gasteiger partial charge in [0.25, 0.3) is 0 Å². The second-order valence-electron chi connectivity index (χ2n) is 6.41. The molecule has 7 nitrogen and oxygen atoms in total. The van der Waals surface area contributed by atoms with Gasteiger partial charge in [0.2, 0.25) is 10.0 Å². The number of ether oxygens (including phenoxy) is 1. The molecule has 1 heterocycles. The number of benzene rings is 1. The van der Waals surface area contributed by atoms with Crippen molar-refractivity contribution in [3.8, 4) is 0 Å². The minimum atomic E-state index is -3.44. The van der Waals surface area contributed by atoms with Gasteiger partial charge in [0.1, 0.15) is 0 Å². The number of nitrogens with zero attached hydrogens (tertiary/aromatic N) is 1. The Morgan fingerprint density at radius 2 is 1.96 bits per heavy atom. The van der Waals surface area contributed by atoms with Crippen LogP contribution in [0, 0.1) is 0 Å². The van der Waals surface area contributed by atoms with Crippen LogP contribution in [0.2, 0.25) is 0 Å². The second-order valence-corrected chi connectivity index (χ2v) is 8.75. The number of rotatable bonds is 9. The molecule has 0 atom stereocenters. The van der Waals surface area contributed by atoms with E-state index >= 15 is 0 Å². The molecule has 0 saturated carbocycles. The van der Waals surface area contributed by atoms with Crippen molar-refractivity contribution in [2.24, 2.45) is 0 Å². The number of nitrogens with one attached hydrogen (secondary N) is 2. The molecule has 1 aliphatic heterocycles. The molecule has 1 fully saturated rings. The van der Waals surface area contributed by atoms with Gasteiger partial charge in [0, 0.05) is 31.7 Å². The molecule has 0 bridgehead atoms. The van der Waals surface area contributed by atoms with E-state index in [4.69, 9.17) is 12.2 Å². The van der Waals surface area contributed by atoms with Gasteiger partial charge in [-0.2, -0.15) is 4.31 Å². The molecule has 1 aromatic rings. The Kier molecular flexibility index (Phi) is 8.46. The number of thiocarbonyl (C=S) groups is 1. The van der Waals surface area contributed by atoms with E-state index in [1.54, 1.807) is 24.3 Å². The van der Waals surface area contributed by atoms with E-state index in [0.717, 1.165) is 32.1 Å². The molecule has 0 radical (unpaired) electrons. The third-order valence-electron chi connectivity index (χ3n) is 4.37. The fourth-order valence-corrected chi connectivity index (χ4v) is 4.65. The topological polar surface area (TPSA) is 87.7 Å². The van der Waals surface area contributed by atoms with Crippen LogP contribution in [0.4, 0.5) is 5.69 Å². The SMILES string of the molecule is COC(=O)CCCCCNC(=S)Nc1cccc(S(=O)(=O)N2CCCC2)c1. The average Bonchev–Trinajstić information content (AvgIpc) is 3.20. The first-order chi connectivity index (χ1) is 12.9. The number of hydrogen-bond donors (Lipinski definition) is 2. The van der Waals surface area contributed by atoms with Crippen LogP contribution in [0.25, 0.3) is 0 Å². The molecule has 9 heteroatoms. The molecule has 150 valence electrons. The maximum absolute atomic E-state index is 12.6. The zero-order valence-electron chi connectivity index (χ0n) is 15.6. The summed E-state index contributed by atoms with van der Waals surface area (Å²) in [6.07, 6.45) is 4.80. The van der Waals surface area contributed by atoms with Gasteiger partial charge in [-0.15, -0.1) is 0 Å². The third-order valence-corrected chi connectivity index (χ3v) is 6.51. The molecule has 1 saturated heterocycles. The van der Waals surface area contributed by atoms with Crippen LogP contribution >= 0.6 is 12.2 Å². The smallest absolute Gasteiger partial charge is 0.305 e. The third kappa shape index (κ3) is 6.75. The van der Waals surface area contributed by atoms with Crippen LogP contribution in [0.15, 0.2) is 29.2 Å². The molecule has 0 unspecified atom stereocenters. The molecule has 0 aromatic heterocycles. The van der Waals surface area contributed by atoms with E-state index < -0.39 is 10.0 Å². The van der Waals surface area contributed by atoms with Crippen molar-refractivity contribution in [2.45, 2.75) is 43.4 Å². The van der Waals surface area contributed by atoms with Crippen molar-refractivity contribution < 1.29 is 17.9 Å². The first kappa shape index (κ1) is 21.6. The molecule has 2 N–H and O–H groups in total. The monoisotopic (exact) mass is 413 g/mol. The van der Waals surface area contributed by atoms with Crippen molar-refractivity contribution in [3.05, 3.63) is 24.3 Å². The van der Waals surface area contributed by atoms with Gasteiger partial charge in [0.05, 0.1) is 12.0 Å². The van der Waals surface area contributed by atoms with Gasteiger partial charge < -0.3 is 15.4 Å². The van der Waals surface area contributed by atoms with Crippen molar-refractivity contribution in [1.82, 2.24) is 9.62 Å². The van der Waals surface area contributed by atoms with Crippen LogP contribution < -0.4 is 10.6 Å². The minimum absolute atomic E-state index is 0.191. The lowest BCUT2D eigenvalue weighted by molar-refractivity contribution is -0.140. The molecular formula is C18H27N3O4S2. The number of unbranched alkanes of at least 4 members (excludes halogenated alkanes) is 2. The molecule has 0 spiro atoms. The molecule has 0 amide bonds. The summed E-state index contributed by atoms with van der Waals surface area (Å²) in [4.78, 5) is 11.3. The molecule has 0 aliphatic carbocycles. The quantitative estimate of drug-likeness (QED) is 0.365. The summed E-state index contributed by atoms with van der Waals surface area (Å²) in [6, 6.07) is 6.71. The standard InChI is InChI=1S/C18H27N3O4S2/c1-25-17(22)10-3-2-4-11-19-18(26)20-15-8-7-9-16(14-15)27(23,24)21-12-5-6-13-21/h7-9,14H,2-6,10-13H2,1H3,(H2,19,20,26). The molecule has 1 aliphatic rings. The lowest BCUT2D eigenvalue weighted by atomic mass is 10.2. The minimum Gasteiger partial charge on any atom is -0.469 e. The Balaban J connectivity index is 1.78. The van der Waals surface area contributed by atoms with E-state index in [1.165, 1.54) is 11.4 Å². The fraction of sp³-hybridized carbons (Fsp3) is 0.556. The number of carbonyl (C=O) groups is 1. The first-order valence-corrected chi connectivity index (χ1v) is 11.0. The predicted molar refractivity (Wildman–Crippen MR) is 109 cm³/mol. The number of methoxy groups -OCH3 is 1. The van der Waals surface area contributed by atoms with Gasteiger partial charge in [-0.3, -0.25) is 4.79 Å². The number of sulfonamides is 1. The zero-order chi connectivity index (χ0) is 19.7. The Morgan fingerprint density at radius 3 is 2.67 bits per heavy atom. The van der Waals surface area contributed by atoms with E-state index in [2.05, 4.69) is 15.4 Å². The maximum Gasteiger partial charge on any atom is 0.305 e. The summed E-state index contributed by atoms with van der Waals surface area (Å²) in [7, 11) is -2.05. The van der Waals surface area contributed by atoms with Gasteiger partial charge in [0.15, 0.2) is 5.11 Å². The lowest BCUT2D eigenvalue weighted by Crippen LogP contribution is -2.30. The number of carbonyl (C=O) groups excluding carboxylic acids is 1. The summed E-state index contributed by atoms with van der Waals surface area (Å²) in [5, 5.41) is 6.56. The van der Waals surface area contributed by atoms with Crippen molar-refractivity contribution >= 4 is 39.0 Å². The summed E-state index contributed by atoms with van der Waals surface area (Å²) < 4.78 is 31.4. The van der Waals surface area contributed by atoms with Gasteiger partial charge in [-0.25, -0.2) is 8.42 Å². The van der Waals surface area contributed by atoms with E-state index in [9.17, 15) is 13.2 Å². The van der Waals surface area contributed by atoms with Crippen molar-refractivity contribution in [3.63, 3.8) is 0 Å². The highest BCUT2D eigenvalue weighted by Gasteiger charge is 2.27. The second kappa shape index (κ2) is 10.6. The normalized spacial score (nSPS) is 14.7. The van der Waals surface area contributed by atoms with Gasteiger partial charge >= 0.3 is 5.97 Å². The van der Waals surface area contributed by atoms with Gasteiger partial charge in [-0.05, 0) is 56.1 Å². The average molecular weight is 414 g/mol.